The molecule has 0 amide bonds. The van der Waals surface area contributed by atoms with E-state index in [1.54, 1.807) is 0 Å². The van der Waals surface area contributed by atoms with E-state index in [0.29, 0.717) is 12.8 Å². The zero-order chi connectivity index (χ0) is 22.0. The Morgan fingerprint density at radius 2 is 1.84 bits per heavy atom. The highest BCUT2D eigenvalue weighted by Crippen LogP contribution is 2.33. The Balaban J connectivity index is 1.26. The summed E-state index contributed by atoms with van der Waals surface area (Å²) in [5.74, 6) is 1.26. The lowest BCUT2D eigenvalue weighted by Crippen LogP contribution is -2.38. The van der Waals surface area contributed by atoms with Crippen LogP contribution in [0.1, 0.15) is 54.5 Å². The third-order valence-corrected chi connectivity index (χ3v) is 6.68. The molecule has 2 aromatic carbocycles. The molecule has 166 valence electrons. The third kappa shape index (κ3) is 5.12. The highest BCUT2D eigenvalue weighted by molar-refractivity contribution is 5.81. The number of benzene rings is 2. The van der Waals surface area contributed by atoms with E-state index in [2.05, 4.69) is 30.0 Å². The van der Waals surface area contributed by atoms with Crippen LogP contribution in [0.3, 0.4) is 0 Å². The zero-order valence-corrected chi connectivity index (χ0v) is 17.8. The number of carbonyl (C=O) groups excluding carboxylic acids is 1. The van der Waals surface area contributed by atoms with Gasteiger partial charge in [-0.05, 0) is 74.2 Å². The van der Waals surface area contributed by atoms with E-state index >= 15 is 0 Å². The molecule has 1 atom stereocenters. The summed E-state index contributed by atoms with van der Waals surface area (Å²) in [6, 6.07) is 11.9. The number of piperidine rings is 1. The molecule has 6 heteroatoms. The van der Waals surface area contributed by atoms with Gasteiger partial charge in [-0.2, -0.15) is 13.2 Å². The summed E-state index contributed by atoms with van der Waals surface area (Å²) in [4.78, 5) is 15.1. The molecular weight excluding hydrogens is 403 g/mol. The fourth-order valence-electron chi connectivity index (χ4n) is 4.59. The summed E-state index contributed by atoms with van der Waals surface area (Å²) in [6.45, 7) is 4.70. The van der Waals surface area contributed by atoms with E-state index in [0.717, 1.165) is 62.4 Å². The predicted octanol–water partition coefficient (Wildman–Crippen LogP) is 5.62. The summed E-state index contributed by atoms with van der Waals surface area (Å²) in [5, 5.41) is 0. The summed E-state index contributed by atoms with van der Waals surface area (Å²) < 4.78 is 43.7. The van der Waals surface area contributed by atoms with Crippen LogP contribution in [0.5, 0.6) is 5.75 Å². The van der Waals surface area contributed by atoms with Crippen LogP contribution >= 0.6 is 0 Å². The zero-order valence-electron chi connectivity index (χ0n) is 17.8. The number of Topliss-reactive ketones (excluding diaryl/α,β-unsaturated/α-hetero) is 1. The van der Waals surface area contributed by atoms with Gasteiger partial charge in [0.25, 0.3) is 0 Å². The Labute approximate surface area is 181 Å². The number of hydrogen-bond donors (Lipinski definition) is 0. The van der Waals surface area contributed by atoms with Crippen LogP contribution < -0.4 is 4.74 Å². The van der Waals surface area contributed by atoms with Crippen molar-refractivity contribution >= 4 is 5.78 Å². The molecule has 0 bridgehead atoms. The van der Waals surface area contributed by atoms with Crippen LogP contribution in [0.25, 0.3) is 0 Å². The number of ketones is 1. The number of aryl methyl sites for hydroxylation is 1. The van der Waals surface area contributed by atoms with Gasteiger partial charge >= 0.3 is 6.18 Å². The molecule has 2 aromatic rings. The standard InChI is InChI=1S/C25H28F3NO2/c1-17(21-6-5-20-12-15-31-24(20)16-21)29-13-10-19(11-14-29)23(30)9-4-18-2-7-22(8-3-18)25(26,27)28/h2-3,5-8,16-17,19H,4,9-15H2,1H3. The molecule has 0 aromatic heterocycles. The first kappa shape index (κ1) is 21.9. The minimum atomic E-state index is -4.33. The summed E-state index contributed by atoms with van der Waals surface area (Å²) >= 11 is 0. The number of ether oxygens (including phenoxy) is 1. The van der Waals surface area contributed by atoms with Gasteiger partial charge in [0, 0.05) is 24.8 Å². The maximum atomic E-state index is 12.7. The molecule has 2 aliphatic rings. The number of hydrogen-bond acceptors (Lipinski definition) is 3. The summed E-state index contributed by atoms with van der Waals surface area (Å²) in [6.07, 6.45) is -0.817. The average molecular weight is 431 g/mol. The lowest BCUT2D eigenvalue weighted by molar-refractivity contribution is -0.137. The van der Waals surface area contributed by atoms with Crippen molar-refractivity contribution in [2.75, 3.05) is 19.7 Å². The van der Waals surface area contributed by atoms with Gasteiger partial charge in [0.05, 0.1) is 12.2 Å². The smallest absolute Gasteiger partial charge is 0.416 e. The second-order valence-electron chi connectivity index (χ2n) is 8.61. The average Bonchev–Trinajstić information content (AvgIpc) is 3.24. The molecule has 1 fully saturated rings. The molecule has 3 nitrogen and oxygen atoms in total. The largest absolute Gasteiger partial charge is 0.493 e. The molecule has 2 heterocycles. The van der Waals surface area contributed by atoms with Crippen molar-refractivity contribution in [1.82, 2.24) is 4.90 Å². The molecule has 1 unspecified atom stereocenters. The first-order chi connectivity index (χ1) is 14.8. The molecule has 0 saturated carbocycles. The first-order valence-electron chi connectivity index (χ1n) is 11.0. The summed E-state index contributed by atoms with van der Waals surface area (Å²) in [7, 11) is 0. The van der Waals surface area contributed by atoms with Gasteiger partial charge in [0.2, 0.25) is 0 Å². The summed E-state index contributed by atoms with van der Waals surface area (Å²) in [5.41, 5.74) is 2.63. The Kier molecular flexibility index (Phi) is 6.37. The van der Waals surface area contributed by atoms with E-state index in [4.69, 9.17) is 4.74 Å². The normalized spacial score (nSPS) is 18.5. The van der Waals surface area contributed by atoms with Crippen molar-refractivity contribution in [3.05, 3.63) is 64.7 Å². The van der Waals surface area contributed by atoms with Crippen LogP contribution in [-0.4, -0.2) is 30.4 Å². The first-order valence-corrected chi connectivity index (χ1v) is 11.0. The molecule has 0 N–H and O–H groups in total. The number of nitrogens with zero attached hydrogens (tertiary/aromatic N) is 1. The van der Waals surface area contributed by atoms with Crippen LogP contribution in [0, 0.1) is 5.92 Å². The Hall–Kier alpha value is -2.34. The topological polar surface area (TPSA) is 29.5 Å². The van der Waals surface area contributed by atoms with E-state index in [1.807, 2.05) is 0 Å². The maximum absolute atomic E-state index is 12.7. The lowest BCUT2D eigenvalue weighted by atomic mass is 9.88. The Morgan fingerprint density at radius 3 is 2.52 bits per heavy atom. The molecule has 0 aliphatic carbocycles. The second kappa shape index (κ2) is 9.03. The fraction of sp³-hybridized carbons (Fsp3) is 0.480. The van der Waals surface area contributed by atoms with Gasteiger partial charge in [-0.15, -0.1) is 0 Å². The molecule has 0 radical (unpaired) electrons. The van der Waals surface area contributed by atoms with E-state index in [-0.39, 0.29) is 17.7 Å². The molecule has 2 aliphatic heterocycles. The monoisotopic (exact) mass is 431 g/mol. The number of carbonyl (C=O) groups is 1. The lowest BCUT2D eigenvalue weighted by Gasteiger charge is -2.36. The number of fused-ring (bicyclic) bond motifs is 1. The van der Waals surface area contributed by atoms with Crippen LogP contribution in [0.4, 0.5) is 13.2 Å². The number of likely N-dealkylation sites (tertiary alicyclic amines) is 1. The Morgan fingerprint density at radius 1 is 1.13 bits per heavy atom. The quantitative estimate of drug-likeness (QED) is 0.595. The maximum Gasteiger partial charge on any atom is 0.416 e. The van der Waals surface area contributed by atoms with Crippen molar-refractivity contribution < 1.29 is 22.7 Å². The Bertz CT molecular complexity index is 915. The minimum Gasteiger partial charge on any atom is -0.493 e. The van der Waals surface area contributed by atoms with Crippen molar-refractivity contribution in [1.29, 1.82) is 0 Å². The van der Waals surface area contributed by atoms with Crippen molar-refractivity contribution in [3.63, 3.8) is 0 Å². The highest BCUT2D eigenvalue weighted by atomic mass is 19.4. The molecule has 1 saturated heterocycles. The fourth-order valence-corrected chi connectivity index (χ4v) is 4.59. The van der Waals surface area contributed by atoms with Gasteiger partial charge in [-0.1, -0.05) is 24.3 Å². The predicted molar refractivity (Wildman–Crippen MR) is 113 cm³/mol. The molecule has 0 spiro atoms. The van der Waals surface area contributed by atoms with Crippen LogP contribution in [0.2, 0.25) is 0 Å². The number of rotatable bonds is 6. The van der Waals surface area contributed by atoms with Crippen molar-refractivity contribution in [2.24, 2.45) is 5.92 Å². The van der Waals surface area contributed by atoms with Gasteiger partial charge in [-0.3, -0.25) is 9.69 Å². The second-order valence-corrected chi connectivity index (χ2v) is 8.61. The van der Waals surface area contributed by atoms with Gasteiger partial charge in [0.15, 0.2) is 0 Å². The van der Waals surface area contributed by atoms with Gasteiger partial charge in [0.1, 0.15) is 11.5 Å². The number of halogens is 3. The van der Waals surface area contributed by atoms with Crippen LogP contribution in [-0.2, 0) is 23.8 Å². The van der Waals surface area contributed by atoms with Gasteiger partial charge < -0.3 is 4.74 Å². The minimum absolute atomic E-state index is 0.0428. The van der Waals surface area contributed by atoms with E-state index < -0.39 is 11.7 Å². The molecular formula is C25H28F3NO2. The van der Waals surface area contributed by atoms with Gasteiger partial charge in [-0.25, -0.2) is 0 Å². The van der Waals surface area contributed by atoms with Crippen molar-refractivity contribution in [2.45, 2.75) is 51.2 Å². The van der Waals surface area contributed by atoms with Crippen LogP contribution in [0.15, 0.2) is 42.5 Å². The van der Waals surface area contributed by atoms with E-state index in [9.17, 15) is 18.0 Å². The SMILES string of the molecule is CC(c1ccc2c(c1)OCC2)N1CCC(C(=O)CCc2ccc(C(F)(F)F)cc2)CC1. The molecule has 4 rings (SSSR count). The molecule has 31 heavy (non-hydrogen) atoms. The number of alkyl halides is 3. The van der Waals surface area contributed by atoms with Crippen molar-refractivity contribution in [3.8, 4) is 5.75 Å². The highest BCUT2D eigenvalue weighted by Gasteiger charge is 2.30. The van der Waals surface area contributed by atoms with E-state index in [1.165, 1.54) is 23.3 Å². The third-order valence-electron chi connectivity index (χ3n) is 6.68.